The highest BCUT2D eigenvalue weighted by Gasteiger charge is 2.19. The van der Waals surface area contributed by atoms with Gasteiger partial charge in [0, 0.05) is 18.4 Å². The number of carbonyl (C=O) groups excluding carboxylic acids is 1. The number of hydrogen-bond acceptors (Lipinski definition) is 4. The summed E-state index contributed by atoms with van der Waals surface area (Å²) in [5, 5.41) is 2.40. The molecule has 21 heavy (non-hydrogen) atoms. The first-order chi connectivity index (χ1) is 9.85. The summed E-state index contributed by atoms with van der Waals surface area (Å²) < 4.78 is 32.2. The Morgan fingerprint density at radius 2 is 2.00 bits per heavy atom. The van der Waals surface area contributed by atoms with Crippen LogP contribution in [0.4, 0.5) is 0 Å². The minimum absolute atomic E-state index is 0.0465. The second kappa shape index (κ2) is 5.74. The molecule has 0 spiro atoms. The Kier molecular flexibility index (Phi) is 4.19. The van der Waals surface area contributed by atoms with Crippen LogP contribution in [0.3, 0.4) is 0 Å². The van der Waals surface area contributed by atoms with E-state index in [1.54, 1.807) is 0 Å². The first-order valence-corrected chi connectivity index (χ1v) is 7.76. The van der Waals surface area contributed by atoms with E-state index in [4.69, 9.17) is 4.42 Å². The van der Waals surface area contributed by atoms with Gasteiger partial charge < -0.3 is 14.3 Å². The van der Waals surface area contributed by atoms with Gasteiger partial charge in [-0.2, -0.15) is 0 Å². The minimum atomic E-state index is -3.68. The second-order valence-electron chi connectivity index (χ2n) is 4.53. The first-order valence-electron chi connectivity index (χ1n) is 6.28. The van der Waals surface area contributed by atoms with Crippen molar-refractivity contribution in [3.63, 3.8) is 0 Å². The van der Waals surface area contributed by atoms with Crippen LogP contribution in [0.5, 0.6) is 0 Å². The average molecular weight is 311 g/mol. The van der Waals surface area contributed by atoms with E-state index in [1.165, 1.54) is 19.2 Å². The number of aromatic nitrogens is 1. The Bertz CT molecular complexity index is 758. The molecule has 2 N–H and O–H groups in total. The largest absolute Gasteiger partial charge is 0.438 e. The zero-order valence-corrected chi connectivity index (χ0v) is 12.8. The molecule has 7 nitrogen and oxygen atoms in total. The molecule has 0 unspecified atom stereocenters. The van der Waals surface area contributed by atoms with Crippen LogP contribution >= 0.6 is 0 Å². The summed E-state index contributed by atoms with van der Waals surface area (Å²) in [6.45, 7) is 2.30. The molecule has 0 fully saturated rings. The Labute approximate surface area is 123 Å². The fourth-order valence-corrected chi connectivity index (χ4v) is 2.44. The van der Waals surface area contributed by atoms with Crippen LogP contribution in [-0.4, -0.2) is 25.9 Å². The van der Waals surface area contributed by atoms with E-state index in [-0.39, 0.29) is 10.9 Å². The molecule has 2 heterocycles. The Hall–Kier alpha value is -2.06. The summed E-state index contributed by atoms with van der Waals surface area (Å²) in [6, 6.07) is 6.43. The minimum Gasteiger partial charge on any atom is -0.438 e. The fraction of sp³-hybridized carbons (Fsp3) is 0.308. The second-order valence-corrected chi connectivity index (χ2v) is 6.35. The van der Waals surface area contributed by atoms with Gasteiger partial charge in [0.15, 0.2) is 5.76 Å². The smallest absolute Gasteiger partial charge is 0.287 e. The number of nitrogens with one attached hydrogen (secondary N) is 2. The number of rotatable bonds is 5. The molecule has 2 rings (SSSR count). The maximum atomic E-state index is 11.9. The molecular formula is C13H17N3O4S. The molecule has 0 bridgehead atoms. The van der Waals surface area contributed by atoms with Crippen LogP contribution in [-0.2, 0) is 23.6 Å². The van der Waals surface area contributed by atoms with Gasteiger partial charge in [0.1, 0.15) is 0 Å². The topological polar surface area (TPSA) is 93.3 Å². The van der Waals surface area contributed by atoms with E-state index in [1.807, 2.05) is 30.7 Å². The summed E-state index contributed by atoms with van der Waals surface area (Å²) in [7, 11) is -0.505. The van der Waals surface area contributed by atoms with Crippen molar-refractivity contribution in [3.8, 4) is 0 Å². The van der Waals surface area contributed by atoms with Crippen LogP contribution < -0.4 is 10.0 Å². The van der Waals surface area contributed by atoms with Crippen molar-refractivity contribution in [1.29, 1.82) is 0 Å². The number of aryl methyl sites for hydroxylation is 1. The molecule has 2 aromatic rings. The van der Waals surface area contributed by atoms with Gasteiger partial charge in [0.25, 0.3) is 15.9 Å². The lowest BCUT2D eigenvalue weighted by Crippen LogP contribution is -2.23. The highest BCUT2D eigenvalue weighted by atomic mass is 32.2. The Balaban J connectivity index is 2.06. The lowest BCUT2D eigenvalue weighted by Gasteiger charge is -2.06. The van der Waals surface area contributed by atoms with Crippen molar-refractivity contribution in [2.45, 2.75) is 18.6 Å². The number of nitrogens with zero attached hydrogens (tertiary/aromatic N) is 1. The standard InChI is InChI=1S/C13H17N3O4S/c1-9-4-5-10(16(9)3)8-15-13(17)11-6-7-12(20-11)21(18,19)14-2/h4-7,14H,8H2,1-3H3,(H,15,17). The maximum Gasteiger partial charge on any atom is 0.287 e. The quantitative estimate of drug-likeness (QED) is 0.852. The molecule has 1 amide bonds. The van der Waals surface area contributed by atoms with Crippen molar-refractivity contribution >= 4 is 15.9 Å². The summed E-state index contributed by atoms with van der Waals surface area (Å²) in [5.41, 5.74) is 2.02. The number of sulfonamides is 1. The zero-order chi connectivity index (χ0) is 15.6. The predicted molar refractivity (Wildman–Crippen MR) is 76.3 cm³/mol. The first kappa shape index (κ1) is 15.3. The SMILES string of the molecule is CNS(=O)(=O)c1ccc(C(=O)NCc2ccc(C)n2C)o1. The van der Waals surface area contributed by atoms with Gasteiger partial charge >= 0.3 is 0 Å². The van der Waals surface area contributed by atoms with E-state index >= 15 is 0 Å². The number of hydrogen-bond donors (Lipinski definition) is 2. The van der Waals surface area contributed by atoms with E-state index in [9.17, 15) is 13.2 Å². The molecule has 0 saturated carbocycles. The van der Waals surface area contributed by atoms with E-state index in [0.29, 0.717) is 6.54 Å². The molecule has 0 atom stereocenters. The summed E-state index contributed by atoms with van der Waals surface area (Å²) >= 11 is 0. The molecule has 0 radical (unpaired) electrons. The summed E-state index contributed by atoms with van der Waals surface area (Å²) in [4.78, 5) is 11.9. The lowest BCUT2D eigenvalue weighted by atomic mass is 10.4. The molecule has 2 aromatic heterocycles. The number of amides is 1. The van der Waals surface area contributed by atoms with Crippen LogP contribution in [0, 0.1) is 6.92 Å². The highest BCUT2D eigenvalue weighted by molar-refractivity contribution is 7.89. The van der Waals surface area contributed by atoms with Crippen molar-refractivity contribution in [2.24, 2.45) is 7.05 Å². The monoisotopic (exact) mass is 311 g/mol. The van der Waals surface area contributed by atoms with Gasteiger partial charge in [0.05, 0.1) is 6.54 Å². The van der Waals surface area contributed by atoms with Crippen molar-refractivity contribution in [2.75, 3.05) is 7.05 Å². The summed E-state index contributed by atoms with van der Waals surface area (Å²) in [6.07, 6.45) is 0. The van der Waals surface area contributed by atoms with Gasteiger partial charge in [-0.1, -0.05) is 0 Å². The van der Waals surface area contributed by atoms with E-state index in [2.05, 4.69) is 10.0 Å². The van der Waals surface area contributed by atoms with Crippen LogP contribution in [0.15, 0.2) is 33.8 Å². The van der Waals surface area contributed by atoms with Crippen molar-refractivity contribution in [1.82, 2.24) is 14.6 Å². The molecule has 0 aliphatic rings. The van der Waals surface area contributed by atoms with Gasteiger partial charge in [0.2, 0.25) is 5.09 Å². The molecular weight excluding hydrogens is 294 g/mol. The van der Waals surface area contributed by atoms with Gasteiger partial charge in [-0.15, -0.1) is 0 Å². The van der Waals surface area contributed by atoms with Crippen LogP contribution in [0.25, 0.3) is 0 Å². The molecule has 0 aliphatic carbocycles. The van der Waals surface area contributed by atoms with Gasteiger partial charge in [-0.05, 0) is 38.2 Å². The fourth-order valence-electron chi connectivity index (χ4n) is 1.79. The van der Waals surface area contributed by atoms with Crippen LogP contribution in [0.1, 0.15) is 21.9 Å². The molecule has 114 valence electrons. The number of carbonyl (C=O) groups is 1. The maximum absolute atomic E-state index is 11.9. The van der Waals surface area contributed by atoms with Crippen LogP contribution in [0.2, 0.25) is 0 Å². The van der Waals surface area contributed by atoms with Crippen molar-refractivity contribution < 1.29 is 17.6 Å². The highest BCUT2D eigenvalue weighted by Crippen LogP contribution is 2.13. The summed E-state index contributed by atoms with van der Waals surface area (Å²) in [5.74, 6) is -0.513. The van der Waals surface area contributed by atoms with E-state index < -0.39 is 15.9 Å². The average Bonchev–Trinajstić information content (AvgIpc) is 3.06. The normalized spacial score (nSPS) is 11.6. The van der Waals surface area contributed by atoms with E-state index in [0.717, 1.165) is 11.4 Å². The molecule has 8 heteroatoms. The third-order valence-electron chi connectivity index (χ3n) is 3.25. The van der Waals surface area contributed by atoms with Crippen molar-refractivity contribution in [3.05, 3.63) is 41.4 Å². The molecule has 0 saturated heterocycles. The predicted octanol–water partition coefficient (Wildman–Crippen LogP) is 0.765. The lowest BCUT2D eigenvalue weighted by molar-refractivity contribution is 0.0917. The Morgan fingerprint density at radius 3 is 2.57 bits per heavy atom. The number of furan rings is 1. The third-order valence-corrected chi connectivity index (χ3v) is 4.53. The van der Waals surface area contributed by atoms with Gasteiger partial charge in [-0.3, -0.25) is 4.79 Å². The third kappa shape index (κ3) is 3.17. The molecule has 0 aromatic carbocycles. The Morgan fingerprint density at radius 1 is 1.29 bits per heavy atom. The zero-order valence-electron chi connectivity index (χ0n) is 12.0. The van der Waals surface area contributed by atoms with Gasteiger partial charge in [-0.25, -0.2) is 13.1 Å². The molecule has 0 aliphatic heterocycles.